The lowest BCUT2D eigenvalue weighted by Crippen LogP contribution is -2.31. The molecule has 5 nitrogen and oxygen atoms in total. The van der Waals surface area contributed by atoms with E-state index in [1.807, 2.05) is 26.0 Å². The van der Waals surface area contributed by atoms with Crippen LogP contribution in [0.2, 0.25) is 0 Å². The Morgan fingerprint density at radius 2 is 2.29 bits per heavy atom. The molecule has 0 aliphatic carbocycles. The predicted molar refractivity (Wildman–Crippen MR) is 94.6 cm³/mol. The van der Waals surface area contributed by atoms with Crippen molar-refractivity contribution in [2.75, 3.05) is 13.7 Å². The summed E-state index contributed by atoms with van der Waals surface area (Å²) in [6.07, 6.45) is 5.84. The first-order valence-electron chi connectivity index (χ1n) is 7.79. The van der Waals surface area contributed by atoms with Crippen LogP contribution >= 0.6 is 11.3 Å². The summed E-state index contributed by atoms with van der Waals surface area (Å²) in [5.74, 6) is 1.31. The van der Waals surface area contributed by atoms with Crippen LogP contribution in [0.1, 0.15) is 33.5 Å². The van der Waals surface area contributed by atoms with Crippen molar-refractivity contribution in [3.8, 4) is 11.5 Å². The lowest BCUT2D eigenvalue weighted by molar-refractivity contribution is -0.117. The fourth-order valence-corrected chi connectivity index (χ4v) is 3.44. The minimum absolute atomic E-state index is 0.0807. The molecule has 0 radical (unpaired) electrons. The molecule has 1 aliphatic rings. The molecule has 0 saturated heterocycles. The molecular formula is C18H20N2O3S. The summed E-state index contributed by atoms with van der Waals surface area (Å²) in [5, 5.41) is 4.04. The average molecular weight is 344 g/mol. The predicted octanol–water partition coefficient (Wildman–Crippen LogP) is 3.42. The first-order valence-corrected chi connectivity index (χ1v) is 8.61. The van der Waals surface area contributed by atoms with Gasteiger partial charge in [0.1, 0.15) is 0 Å². The van der Waals surface area contributed by atoms with E-state index in [-0.39, 0.29) is 11.9 Å². The molecule has 1 aromatic heterocycles. The number of aryl methyl sites for hydroxylation is 2. The fraction of sp³-hybridized carbons (Fsp3) is 0.333. The molecule has 0 bridgehead atoms. The third-order valence-electron chi connectivity index (χ3n) is 3.83. The molecule has 6 heteroatoms. The van der Waals surface area contributed by atoms with Gasteiger partial charge < -0.3 is 14.8 Å². The average Bonchev–Trinajstić information content (AvgIpc) is 2.98. The van der Waals surface area contributed by atoms with E-state index in [1.54, 1.807) is 36.8 Å². The lowest BCUT2D eigenvalue weighted by Gasteiger charge is -2.28. The topological polar surface area (TPSA) is 60.5 Å². The third-order valence-corrected chi connectivity index (χ3v) is 4.71. The van der Waals surface area contributed by atoms with Crippen molar-refractivity contribution in [1.29, 1.82) is 0 Å². The molecule has 3 rings (SSSR count). The van der Waals surface area contributed by atoms with E-state index in [1.165, 1.54) is 0 Å². The first kappa shape index (κ1) is 16.5. The number of carbonyl (C=O) groups excluding carboxylic acids is 1. The van der Waals surface area contributed by atoms with Crippen LogP contribution in [0, 0.1) is 13.8 Å². The van der Waals surface area contributed by atoms with Crippen molar-refractivity contribution >= 4 is 23.3 Å². The molecule has 2 aromatic rings. The van der Waals surface area contributed by atoms with Crippen molar-refractivity contribution in [3.63, 3.8) is 0 Å². The zero-order valence-corrected chi connectivity index (χ0v) is 14.8. The summed E-state index contributed by atoms with van der Waals surface area (Å²) in [6, 6.07) is 3.90. The van der Waals surface area contributed by atoms with Gasteiger partial charge in [-0.2, -0.15) is 0 Å². The number of amides is 1. The van der Waals surface area contributed by atoms with Gasteiger partial charge in [-0.1, -0.05) is 6.07 Å². The zero-order valence-electron chi connectivity index (χ0n) is 14.0. The zero-order chi connectivity index (χ0) is 17.1. The second kappa shape index (κ2) is 7.05. The van der Waals surface area contributed by atoms with Gasteiger partial charge in [0.15, 0.2) is 11.5 Å². The van der Waals surface area contributed by atoms with E-state index in [0.717, 1.165) is 33.2 Å². The molecule has 126 valence electrons. The molecular weight excluding hydrogens is 324 g/mol. The van der Waals surface area contributed by atoms with Gasteiger partial charge in [0.25, 0.3) is 0 Å². The Bertz CT molecular complexity index is 783. The number of methoxy groups -OCH3 is 1. The van der Waals surface area contributed by atoms with Crippen LogP contribution in [-0.4, -0.2) is 24.6 Å². The van der Waals surface area contributed by atoms with Crippen LogP contribution in [0.3, 0.4) is 0 Å². The summed E-state index contributed by atoms with van der Waals surface area (Å²) in [4.78, 5) is 17.4. The van der Waals surface area contributed by atoms with Crippen LogP contribution < -0.4 is 14.8 Å². The van der Waals surface area contributed by atoms with E-state index in [2.05, 4.69) is 10.3 Å². The van der Waals surface area contributed by atoms with E-state index in [0.29, 0.717) is 12.4 Å². The maximum Gasteiger partial charge on any atom is 0.244 e. The Labute approximate surface area is 145 Å². The van der Waals surface area contributed by atoms with Gasteiger partial charge in [-0.05, 0) is 31.6 Å². The van der Waals surface area contributed by atoms with Gasteiger partial charge in [0.2, 0.25) is 5.91 Å². The Hall–Kier alpha value is -2.34. The largest absolute Gasteiger partial charge is 0.493 e. The number of fused-ring (bicyclic) bond motifs is 1. The van der Waals surface area contributed by atoms with Gasteiger partial charge in [-0.3, -0.25) is 4.79 Å². The number of ether oxygens (including phenoxy) is 2. The first-order chi connectivity index (χ1) is 11.6. The number of nitrogens with one attached hydrogen (secondary N) is 1. The molecule has 24 heavy (non-hydrogen) atoms. The Morgan fingerprint density at radius 3 is 3.00 bits per heavy atom. The van der Waals surface area contributed by atoms with Crippen LogP contribution in [0.25, 0.3) is 6.08 Å². The second-order valence-electron chi connectivity index (χ2n) is 5.70. The van der Waals surface area contributed by atoms with Gasteiger partial charge in [-0.25, -0.2) is 4.98 Å². The minimum Gasteiger partial charge on any atom is -0.493 e. The van der Waals surface area contributed by atoms with Crippen molar-refractivity contribution in [2.45, 2.75) is 26.3 Å². The summed E-state index contributed by atoms with van der Waals surface area (Å²) < 4.78 is 11.1. The summed E-state index contributed by atoms with van der Waals surface area (Å²) in [6.45, 7) is 4.49. The smallest absolute Gasteiger partial charge is 0.244 e. The SMILES string of the molecule is COc1cc(C)cc2c1OCCC2NC(=O)C=Cc1cnc(C)s1. The number of carbonyl (C=O) groups is 1. The molecule has 1 unspecified atom stereocenters. The number of aromatic nitrogens is 1. The Kier molecular flexibility index (Phi) is 4.85. The highest BCUT2D eigenvalue weighted by Gasteiger charge is 2.25. The maximum atomic E-state index is 12.3. The summed E-state index contributed by atoms with van der Waals surface area (Å²) >= 11 is 1.56. The van der Waals surface area contributed by atoms with Crippen molar-refractivity contribution in [2.24, 2.45) is 0 Å². The number of benzene rings is 1. The van der Waals surface area contributed by atoms with E-state index in [4.69, 9.17) is 9.47 Å². The molecule has 1 N–H and O–H groups in total. The van der Waals surface area contributed by atoms with Crippen LogP contribution in [0.5, 0.6) is 11.5 Å². The quantitative estimate of drug-likeness (QED) is 0.864. The number of nitrogens with zero attached hydrogens (tertiary/aromatic N) is 1. The molecule has 0 saturated carbocycles. The van der Waals surface area contributed by atoms with Crippen LogP contribution in [-0.2, 0) is 4.79 Å². The van der Waals surface area contributed by atoms with Crippen molar-refractivity contribution < 1.29 is 14.3 Å². The number of hydrogen-bond donors (Lipinski definition) is 1. The Balaban J connectivity index is 1.76. The van der Waals surface area contributed by atoms with Crippen molar-refractivity contribution in [1.82, 2.24) is 10.3 Å². The molecule has 2 heterocycles. The van der Waals surface area contributed by atoms with Gasteiger partial charge in [-0.15, -0.1) is 11.3 Å². The molecule has 1 aliphatic heterocycles. The fourth-order valence-electron chi connectivity index (χ4n) is 2.75. The minimum atomic E-state index is -0.126. The molecule has 1 atom stereocenters. The molecule has 0 spiro atoms. The molecule has 0 fully saturated rings. The number of rotatable bonds is 4. The highest BCUT2D eigenvalue weighted by atomic mass is 32.1. The standard InChI is InChI=1S/C18H20N2O3S/c1-11-8-14-15(6-7-23-18(14)16(9-11)22-3)20-17(21)5-4-13-10-19-12(2)24-13/h4-5,8-10,15H,6-7H2,1-3H3,(H,20,21). The number of hydrogen-bond acceptors (Lipinski definition) is 5. The van der Waals surface area contributed by atoms with Gasteiger partial charge in [0, 0.05) is 29.1 Å². The Morgan fingerprint density at radius 1 is 1.46 bits per heavy atom. The van der Waals surface area contributed by atoms with Crippen LogP contribution in [0.15, 0.2) is 24.4 Å². The monoisotopic (exact) mass is 344 g/mol. The van der Waals surface area contributed by atoms with Crippen molar-refractivity contribution in [3.05, 3.63) is 45.4 Å². The van der Waals surface area contributed by atoms with Crippen LogP contribution in [0.4, 0.5) is 0 Å². The third kappa shape index (κ3) is 3.59. The maximum absolute atomic E-state index is 12.3. The normalized spacial score (nSPS) is 16.5. The van der Waals surface area contributed by atoms with Gasteiger partial charge >= 0.3 is 0 Å². The van der Waals surface area contributed by atoms with E-state index < -0.39 is 0 Å². The van der Waals surface area contributed by atoms with E-state index >= 15 is 0 Å². The summed E-state index contributed by atoms with van der Waals surface area (Å²) in [7, 11) is 1.63. The van der Waals surface area contributed by atoms with Gasteiger partial charge in [0.05, 0.1) is 24.8 Å². The van der Waals surface area contributed by atoms with E-state index in [9.17, 15) is 4.79 Å². The lowest BCUT2D eigenvalue weighted by atomic mass is 9.98. The molecule has 1 amide bonds. The summed E-state index contributed by atoms with van der Waals surface area (Å²) in [5.41, 5.74) is 2.04. The second-order valence-corrected chi connectivity index (χ2v) is 6.97. The highest BCUT2D eigenvalue weighted by molar-refractivity contribution is 7.12. The highest BCUT2D eigenvalue weighted by Crippen LogP contribution is 2.40. The number of thiazole rings is 1. The molecule has 1 aromatic carbocycles.